The number of hydrogen-bond acceptors (Lipinski definition) is 1. The van der Waals surface area contributed by atoms with E-state index in [9.17, 15) is 0 Å². The zero-order valence-electron chi connectivity index (χ0n) is 37.8. The van der Waals surface area contributed by atoms with Gasteiger partial charge in [-0.3, -0.25) is 0 Å². The topological polar surface area (TPSA) is 9.23 Å². The highest BCUT2D eigenvalue weighted by molar-refractivity contribution is 6.11. The van der Waals surface area contributed by atoms with Crippen LogP contribution in [0.15, 0.2) is 229 Å². The Hall–Kier alpha value is -7.48. The van der Waals surface area contributed by atoms with Crippen LogP contribution >= 0.6 is 0 Å². The number of fused-ring (bicyclic) bond motifs is 5. The molecule has 0 bridgehead atoms. The van der Waals surface area contributed by atoms with E-state index in [0.29, 0.717) is 5.92 Å². The highest BCUT2D eigenvalue weighted by Gasteiger charge is 2.35. The van der Waals surface area contributed by atoms with E-state index >= 15 is 0 Å². The van der Waals surface area contributed by atoms with Crippen LogP contribution in [0, 0.1) is 5.92 Å². The second kappa shape index (κ2) is 16.7. The molecule has 0 fully saturated rings. The summed E-state index contributed by atoms with van der Waals surface area (Å²) in [6.07, 6.45) is 31.6. The standard InChI is InChI=1S/C66H52O/c1-3-18-44(19-4-1)59-41-53(42-60(64(59)45-20-5-2-6-21-45)50-25-15-23-47(37-50)49-35-36-63-61(40-49)54-27-13-14-32-62(54)67-63)48-24-16-26-51(39-48)65-55-28-9-11-30-57(55)66(58-31-12-10-29-56(58)65)52-34-33-43-17-7-8-22-46(43)38-52/h1-5,7-9,11-13,15-20,22-28,30-31,33-39,42,59,61H,6,10,14,21,29,32,40-41H2. The lowest BCUT2D eigenvalue weighted by atomic mass is 9.71. The maximum absolute atomic E-state index is 6.40. The Morgan fingerprint density at radius 3 is 2.03 bits per heavy atom. The normalized spacial score (nSPS) is 19.6. The first kappa shape index (κ1) is 39.8. The van der Waals surface area contributed by atoms with E-state index in [4.69, 9.17) is 4.74 Å². The minimum Gasteiger partial charge on any atom is -0.465 e. The summed E-state index contributed by atoms with van der Waals surface area (Å²) in [6, 6.07) is 55.1. The Bertz CT molecular complexity index is 3480. The van der Waals surface area contributed by atoms with E-state index in [1.807, 2.05) is 0 Å². The molecule has 1 aliphatic heterocycles. The van der Waals surface area contributed by atoms with Crippen LogP contribution in [0.5, 0.6) is 0 Å². The lowest BCUT2D eigenvalue weighted by molar-refractivity contribution is 0.292. The molecule has 0 N–H and O–H groups in total. The van der Waals surface area contributed by atoms with Crippen molar-refractivity contribution in [1.29, 1.82) is 0 Å². The van der Waals surface area contributed by atoms with Gasteiger partial charge in [0, 0.05) is 23.8 Å². The lowest BCUT2D eigenvalue weighted by Crippen LogP contribution is -2.14. The Labute approximate surface area is 394 Å². The molecular formula is C66H52O. The molecule has 0 aromatic heterocycles. The minimum absolute atomic E-state index is 0.208. The Balaban J connectivity index is 0.962. The van der Waals surface area contributed by atoms with Gasteiger partial charge in [-0.2, -0.15) is 0 Å². The summed E-state index contributed by atoms with van der Waals surface area (Å²) in [7, 11) is 0. The van der Waals surface area contributed by atoms with Crippen LogP contribution < -0.4 is 0 Å². The maximum Gasteiger partial charge on any atom is 0.112 e. The molecule has 67 heavy (non-hydrogen) atoms. The van der Waals surface area contributed by atoms with Crippen LogP contribution in [0.4, 0.5) is 0 Å². The van der Waals surface area contributed by atoms with Crippen molar-refractivity contribution in [3.63, 3.8) is 0 Å². The highest BCUT2D eigenvalue weighted by atomic mass is 16.5. The molecular weight excluding hydrogens is 809 g/mol. The number of allylic oxidation sites excluding steroid dienone is 16. The third-order valence-electron chi connectivity index (χ3n) is 15.2. The van der Waals surface area contributed by atoms with Crippen LogP contribution in [-0.2, 0) is 11.2 Å². The zero-order chi connectivity index (χ0) is 44.3. The minimum atomic E-state index is 0.208. The van der Waals surface area contributed by atoms with Crippen molar-refractivity contribution in [3.05, 3.63) is 262 Å². The van der Waals surface area contributed by atoms with Crippen molar-refractivity contribution in [1.82, 2.24) is 0 Å². The smallest absolute Gasteiger partial charge is 0.112 e. The summed E-state index contributed by atoms with van der Waals surface area (Å²) in [4.78, 5) is 0. The Morgan fingerprint density at radius 1 is 0.463 bits per heavy atom. The second-order valence-electron chi connectivity index (χ2n) is 19.1. The first-order valence-electron chi connectivity index (χ1n) is 24.5. The fraction of sp³-hybridized carbons (Fsp3) is 0.152. The molecule has 0 saturated carbocycles. The quantitative estimate of drug-likeness (QED) is 0.155. The predicted molar refractivity (Wildman–Crippen MR) is 282 cm³/mol. The Morgan fingerprint density at radius 2 is 1.16 bits per heavy atom. The van der Waals surface area contributed by atoms with Crippen molar-refractivity contribution in [2.45, 2.75) is 57.3 Å². The zero-order valence-corrected chi connectivity index (χ0v) is 37.8. The van der Waals surface area contributed by atoms with Crippen LogP contribution in [0.2, 0.25) is 0 Å². The number of hydrogen-bond donors (Lipinski definition) is 0. The highest BCUT2D eigenvalue weighted by Crippen LogP contribution is 2.51. The molecule has 0 saturated heterocycles. The molecule has 0 radical (unpaired) electrons. The third kappa shape index (κ3) is 7.08. The van der Waals surface area contributed by atoms with E-state index < -0.39 is 0 Å². The van der Waals surface area contributed by atoms with Gasteiger partial charge in [0.15, 0.2) is 0 Å². The number of benzene rings is 7. The average Bonchev–Trinajstić information content (AvgIpc) is 3.78. The summed E-state index contributed by atoms with van der Waals surface area (Å²) in [5.74, 6) is 2.79. The van der Waals surface area contributed by atoms with E-state index in [-0.39, 0.29) is 5.92 Å². The Kier molecular flexibility index (Phi) is 9.96. The van der Waals surface area contributed by atoms with Gasteiger partial charge < -0.3 is 4.74 Å². The molecule has 322 valence electrons. The predicted octanol–water partition coefficient (Wildman–Crippen LogP) is 17.5. The van der Waals surface area contributed by atoms with Crippen LogP contribution in [-0.4, -0.2) is 0 Å². The number of rotatable bonds is 7. The second-order valence-corrected chi connectivity index (χ2v) is 19.1. The van der Waals surface area contributed by atoms with Gasteiger partial charge in [-0.1, -0.05) is 182 Å². The summed E-state index contributed by atoms with van der Waals surface area (Å²) >= 11 is 0. The molecule has 7 aromatic rings. The molecule has 6 aliphatic rings. The fourth-order valence-electron chi connectivity index (χ4n) is 12.1. The summed E-state index contributed by atoms with van der Waals surface area (Å²) < 4.78 is 6.40. The van der Waals surface area contributed by atoms with Gasteiger partial charge in [-0.15, -0.1) is 0 Å². The van der Waals surface area contributed by atoms with Crippen molar-refractivity contribution in [2.75, 3.05) is 0 Å². The fourth-order valence-corrected chi connectivity index (χ4v) is 12.1. The van der Waals surface area contributed by atoms with Crippen molar-refractivity contribution in [2.24, 2.45) is 5.92 Å². The molecule has 13 rings (SSSR count). The van der Waals surface area contributed by atoms with Crippen molar-refractivity contribution in [3.8, 4) is 22.3 Å². The third-order valence-corrected chi connectivity index (χ3v) is 15.2. The van der Waals surface area contributed by atoms with E-state index in [2.05, 4.69) is 206 Å². The maximum atomic E-state index is 6.40. The van der Waals surface area contributed by atoms with Crippen LogP contribution in [0.1, 0.15) is 84.2 Å². The van der Waals surface area contributed by atoms with Gasteiger partial charge in [-0.25, -0.2) is 0 Å². The first-order chi connectivity index (χ1) is 33.2. The van der Waals surface area contributed by atoms with Crippen molar-refractivity contribution >= 4 is 44.3 Å². The molecule has 5 aliphatic carbocycles. The van der Waals surface area contributed by atoms with Crippen molar-refractivity contribution < 1.29 is 4.74 Å². The molecule has 2 unspecified atom stereocenters. The molecule has 7 aromatic carbocycles. The molecule has 1 heterocycles. The van der Waals surface area contributed by atoms with Crippen LogP contribution in [0.25, 0.3) is 66.6 Å². The lowest BCUT2D eigenvalue weighted by Gasteiger charge is -2.32. The molecule has 2 atom stereocenters. The first-order valence-corrected chi connectivity index (χ1v) is 24.5. The van der Waals surface area contributed by atoms with Gasteiger partial charge in [0.05, 0.1) is 0 Å². The number of ether oxygens (including phenoxy) is 1. The summed E-state index contributed by atoms with van der Waals surface area (Å²) in [5, 5.41) is 5.18. The van der Waals surface area contributed by atoms with Gasteiger partial charge in [0.1, 0.15) is 11.5 Å². The van der Waals surface area contributed by atoms with E-state index in [0.717, 1.165) is 57.1 Å². The van der Waals surface area contributed by atoms with E-state index in [1.54, 1.807) is 0 Å². The van der Waals surface area contributed by atoms with Gasteiger partial charge in [0.2, 0.25) is 0 Å². The largest absolute Gasteiger partial charge is 0.465 e. The SMILES string of the molecule is C1=CCCC(C2=C(c3cccc(C4=CC=C5OC6=C(C=CCC6)C5C4)c3)C=C(c3cccc(-c4c5c(c(-c6ccc7ccccc7c6)c6ccccc46)C=CCC5)c3)CC2c2ccccc2)=C1. The molecule has 1 heteroatoms. The summed E-state index contributed by atoms with van der Waals surface area (Å²) in [6.45, 7) is 0. The van der Waals surface area contributed by atoms with Gasteiger partial charge in [0.25, 0.3) is 0 Å². The van der Waals surface area contributed by atoms with Crippen LogP contribution in [0.3, 0.4) is 0 Å². The van der Waals surface area contributed by atoms with E-state index in [1.165, 1.54) is 116 Å². The van der Waals surface area contributed by atoms with Gasteiger partial charge in [-0.05, 0) is 174 Å². The molecule has 0 amide bonds. The molecule has 1 nitrogen and oxygen atoms in total. The van der Waals surface area contributed by atoms with Gasteiger partial charge >= 0.3 is 0 Å². The summed E-state index contributed by atoms with van der Waals surface area (Å²) in [5.41, 5.74) is 21.7. The average molecular weight is 861 g/mol. The molecule has 0 spiro atoms. The monoisotopic (exact) mass is 860 g/mol.